The molecule has 1 fully saturated rings. The quantitative estimate of drug-likeness (QED) is 0.812. The number of benzene rings is 1. The first-order chi connectivity index (χ1) is 11.4. The molecule has 1 aliphatic heterocycles. The number of amides is 2. The van der Waals surface area contributed by atoms with E-state index in [4.69, 9.17) is 4.74 Å². The van der Waals surface area contributed by atoms with Gasteiger partial charge in [-0.25, -0.2) is 4.79 Å². The molecule has 0 aliphatic carbocycles. The van der Waals surface area contributed by atoms with Gasteiger partial charge in [0.05, 0.1) is 18.1 Å². The van der Waals surface area contributed by atoms with Crippen molar-refractivity contribution in [1.82, 2.24) is 4.90 Å². The van der Waals surface area contributed by atoms with Gasteiger partial charge in [0.25, 0.3) is 0 Å². The molecule has 2 rings (SSSR count). The molecule has 2 amide bonds. The molecule has 1 heterocycles. The van der Waals surface area contributed by atoms with E-state index < -0.39 is 0 Å². The molecule has 0 aromatic heterocycles. The van der Waals surface area contributed by atoms with Gasteiger partial charge in [0.2, 0.25) is 11.8 Å². The van der Waals surface area contributed by atoms with E-state index in [1.165, 1.54) is 0 Å². The van der Waals surface area contributed by atoms with Crippen LogP contribution in [0.15, 0.2) is 24.3 Å². The van der Waals surface area contributed by atoms with Crippen LogP contribution in [0.2, 0.25) is 0 Å². The van der Waals surface area contributed by atoms with Crippen LogP contribution in [0.3, 0.4) is 0 Å². The second-order valence-electron chi connectivity index (χ2n) is 6.24. The molecule has 1 aromatic carbocycles. The van der Waals surface area contributed by atoms with Crippen molar-refractivity contribution in [2.45, 2.75) is 39.7 Å². The summed E-state index contributed by atoms with van der Waals surface area (Å²) in [5.41, 5.74) is 1.05. The van der Waals surface area contributed by atoms with Crippen LogP contribution in [0.1, 0.15) is 44.0 Å². The topological polar surface area (TPSA) is 75.7 Å². The fourth-order valence-corrected chi connectivity index (χ4v) is 2.62. The maximum atomic E-state index is 12.3. The van der Waals surface area contributed by atoms with Gasteiger partial charge in [0, 0.05) is 24.7 Å². The molecule has 1 aliphatic rings. The van der Waals surface area contributed by atoms with Crippen molar-refractivity contribution in [2.75, 3.05) is 18.5 Å². The number of anilines is 1. The van der Waals surface area contributed by atoms with Gasteiger partial charge in [0.15, 0.2) is 0 Å². The number of esters is 1. The number of hydrogen-bond donors (Lipinski definition) is 1. The Balaban J connectivity index is 1.93. The van der Waals surface area contributed by atoms with Crippen LogP contribution in [-0.4, -0.2) is 41.9 Å². The predicted octanol–water partition coefficient (Wildman–Crippen LogP) is 2.45. The third kappa shape index (κ3) is 4.34. The fourth-order valence-electron chi connectivity index (χ4n) is 2.62. The lowest BCUT2D eigenvalue weighted by Gasteiger charge is -2.20. The van der Waals surface area contributed by atoms with Crippen molar-refractivity contribution in [2.24, 2.45) is 5.92 Å². The molecule has 0 spiro atoms. The molecule has 1 saturated heterocycles. The van der Waals surface area contributed by atoms with Gasteiger partial charge < -0.3 is 15.0 Å². The summed E-state index contributed by atoms with van der Waals surface area (Å²) >= 11 is 0. The summed E-state index contributed by atoms with van der Waals surface area (Å²) in [5, 5.41) is 2.80. The van der Waals surface area contributed by atoms with Crippen molar-refractivity contribution in [1.29, 1.82) is 0 Å². The molecule has 0 saturated carbocycles. The second kappa shape index (κ2) is 7.95. The minimum absolute atomic E-state index is 0.0131. The van der Waals surface area contributed by atoms with Crippen LogP contribution in [-0.2, 0) is 14.3 Å². The minimum Gasteiger partial charge on any atom is -0.462 e. The van der Waals surface area contributed by atoms with Crippen molar-refractivity contribution >= 4 is 23.5 Å². The zero-order valence-electron chi connectivity index (χ0n) is 14.4. The van der Waals surface area contributed by atoms with E-state index in [0.717, 1.165) is 6.42 Å². The number of hydrogen-bond acceptors (Lipinski definition) is 4. The zero-order valence-corrected chi connectivity index (χ0v) is 14.4. The molecule has 1 aromatic rings. The molecule has 0 unspecified atom stereocenters. The second-order valence-corrected chi connectivity index (χ2v) is 6.24. The zero-order chi connectivity index (χ0) is 17.7. The van der Waals surface area contributed by atoms with E-state index >= 15 is 0 Å². The van der Waals surface area contributed by atoms with E-state index in [9.17, 15) is 14.4 Å². The summed E-state index contributed by atoms with van der Waals surface area (Å²) < 4.78 is 5.06. The number of ether oxygens (including phenoxy) is 1. The monoisotopic (exact) mass is 332 g/mol. The number of nitrogens with one attached hydrogen (secondary N) is 1. The standard InChI is InChI=1S/C18H24N2O4/c1-4-9-24-18(23)13-5-7-15(8-6-13)19-17(22)14-10-16(21)20(11-14)12(2)3/h5-8,12,14H,4,9-11H2,1-3H3,(H,19,22)/t14-/m0/s1. The van der Waals surface area contributed by atoms with E-state index in [2.05, 4.69) is 5.32 Å². The average Bonchev–Trinajstić information content (AvgIpc) is 2.95. The Morgan fingerprint density at radius 3 is 2.50 bits per heavy atom. The minimum atomic E-state index is -0.372. The molecular formula is C18H24N2O4. The number of rotatable bonds is 6. The number of carbonyl (C=O) groups excluding carboxylic acids is 3. The maximum absolute atomic E-state index is 12.3. The third-order valence-corrected chi connectivity index (χ3v) is 3.98. The highest BCUT2D eigenvalue weighted by Gasteiger charge is 2.35. The molecule has 0 radical (unpaired) electrons. The summed E-state index contributed by atoms with van der Waals surface area (Å²) in [6.07, 6.45) is 1.01. The highest BCUT2D eigenvalue weighted by atomic mass is 16.5. The smallest absolute Gasteiger partial charge is 0.338 e. The normalized spacial score (nSPS) is 17.2. The van der Waals surface area contributed by atoms with Gasteiger partial charge in [-0.3, -0.25) is 9.59 Å². The molecule has 130 valence electrons. The average molecular weight is 332 g/mol. The van der Waals surface area contributed by atoms with Gasteiger partial charge in [-0.2, -0.15) is 0 Å². The molecular weight excluding hydrogens is 308 g/mol. The summed E-state index contributed by atoms with van der Waals surface area (Å²) in [5.74, 6) is -0.871. The number of carbonyl (C=O) groups is 3. The van der Waals surface area contributed by atoms with E-state index in [1.54, 1.807) is 29.2 Å². The largest absolute Gasteiger partial charge is 0.462 e. The third-order valence-electron chi connectivity index (χ3n) is 3.98. The van der Waals surface area contributed by atoms with Crippen LogP contribution in [0.4, 0.5) is 5.69 Å². The summed E-state index contributed by atoms with van der Waals surface area (Å²) in [6, 6.07) is 6.67. The molecule has 1 N–H and O–H groups in total. The van der Waals surface area contributed by atoms with E-state index in [0.29, 0.717) is 24.4 Å². The number of likely N-dealkylation sites (tertiary alicyclic amines) is 1. The van der Waals surface area contributed by atoms with Crippen LogP contribution < -0.4 is 5.32 Å². The van der Waals surface area contributed by atoms with Gasteiger partial charge in [-0.1, -0.05) is 6.92 Å². The Morgan fingerprint density at radius 1 is 1.29 bits per heavy atom. The first kappa shape index (κ1) is 18.0. The number of nitrogens with zero attached hydrogens (tertiary/aromatic N) is 1. The summed E-state index contributed by atoms with van der Waals surface area (Å²) in [4.78, 5) is 37.6. The van der Waals surface area contributed by atoms with Crippen LogP contribution >= 0.6 is 0 Å². The van der Waals surface area contributed by atoms with Gasteiger partial charge in [-0.05, 0) is 44.5 Å². The Hall–Kier alpha value is -2.37. The SMILES string of the molecule is CCCOC(=O)c1ccc(NC(=O)[C@H]2CC(=O)N(C(C)C)C2)cc1. The van der Waals surface area contributed by atoms with Crippen molar-refractivity contribution in [3.63, 3.8) is 0 Å². The highest BCUT2D eigenvalue weighted by Crippen LogP contribution is 2.22. The van der Waals surface area contributed by atoms with Gasteiger partial charge in [0.1, 0.15) is 0 Å². The fraction of sp³-hybridized carbons (Fsp3) is 0.500. The predicted molar refractivity (Wildman–Crippen MR) is 90.6 cm³/mol. The van der Waals surface area contributed by atoms with Crippen molar-refractivity contribution in [3.8, 4) is 0 Å². The summed E-state index contributed by atoms with van der Waals surface area (Å²) in [6.45, 7) is 6.65. The van der Waals surface area contributed by atoms with E-state index in [1.807, 2.05) is 20.8 Å². The Morgan fingerprint density at radius 2 is 1.96 bits per heavy atom. The molecule has 0 bridgehead atoms. The molecule has 24 heavy (non-hydrogen) atoms. The van der Waals surface area contributed by atoms with Crippen molar-refractivity contribution in [3.05, 3.63) is 29.8 Å². The van der Waals surface area contributed by atoms with Crippen molar-refractivity contribution < 1.29 is 19.1 Å². The molecule has 6 nitrogen and oxygen atoms in total. The Bertz CT molecular complexity index is 610. The summed E-state index contributed by atoms with van der Waals surface area (Å²) in [7, 11) is 0. The lowest BCUT2D eigenvalue weighted by atomic mass is 10.1. The van der Waals surface area contributed by atoms with Crippen LogP contribution in [0.5, 0.6) is 0 Å². The van der Waals surface area contributed by atoms with E-state index in [-0.39, 0.29) is 36.2 Å². The molecule has 1 atom stereocenters. The Kier molecular flexibility index (Phi) is 5.95. The van der Waals surface area contributed by atoms with Gasteiger partial charge in [-0.15, -0.1) is 0 Å². The van der Waals surface area contributed by atoms with Crippen LogP contribution in [0.25, 0.3) is 0 Å². The first-order valence-electron chi connectivity index (χ1n) is 8.30. The Labute approximate surface area is 142 Å². The maximum Gasteiger partial charge on any atom is 0.338 e. The van der Waals surface area contributed by atoms with Crippen LogP contribution in [0, 0.1) is 5.92 Å². The molecule has 6 heteroatoms. The highest BCUT2D eigenvalue weighted by molar-refractivity contribution is 5.97. The van der Waals surface area contributed by atoms with Gasteiger partial charge >= 0.3 is 5.97 Å². The lowest BCUT2D eigenvalue weighted by molar-refractivity contribution is -0.129. The first-order valence-corrected chi connectivity index (χ1v) is 8.30. The lowest BCUT2D eigenvalue weighted by Crippen LogP contribution is -2.33.